The number of fused-ring (bicyclic) bond motifs is 1. The zero-order valence-electron chi connectivity index (χ0n) is 8.20. The molecule has 0 spiro atoms. The molecule has 2 aromatic rings. The van der Waals surface area contributed by atoms with Crippen LogP contribution < -0.4 is 0 Å². The van der Waals surface area contributed by atoms with Gasteiger partial charge in [-0.15, -0.1) is 0 Å². The number of rotatable bonds is 1. The third kappa shape index (κ3) is 1.25. The molecule has 70 valence electrons. The second-order valence-electron chi connectivity index (χ2n) is 3.44. The van der Waals surface area contributed by atoms with Crippen molar-refractivity contribution in [2.24, 2.45) is 0 Å². The molecule has 3 nitrogen and oxygen atoms in total. The van der Waals surface area contributed by atoms with Crippen molar-refractivity contribution in [1.82, 2.24) is 9.97 Å². The standard InChI is InChI=1S/C11H11N3/c1-7-4-3-5-9-10(7)14-11(13-9)8(2)6-12/h3-5,8H,1-2H3,(H,13,14). The average Bonchev–Trinajstić information content (AvgIpc) is 2.62. The Kier molecular flexibility index (Phi) is 1.97. The van der Waals surface area contributed by atoms with Crippen LogP contribution in [-0.2, 0) is 0 Å². The molecule has 0 bridgehead atoms. The fourth-order valence-electron chi connectivity index (χ4n) is 1.46. The molecule has 0 saturated heterocycles. The molecule has 0 aliphatic rings. The molecule has 0 radical (unpaired) electrons. The van der Waals surface area contributed by atoms with E-state index < -0.39 is 0 Å². The highest BCUT2D eigenvalue weighted by molar-refractivity contribution is 5.78. The van der Waals surface area contributed by atoms with Crippen molar-refractivity contribution >= 4 is 11.0 Å². The SMILES string of the molecule is Cc1cccc2[nH]c(C(C)C#N)nc12. The first-order valence-electron chi connectivity index (χ1n) is 4.57. The number of hydrogen-bond acceptors (Lipinski definition) is 2. The summed E-state index contributed by atoms with van der Waals surface area (Å²) in [6.45, 7) is 3.86. The number of H-pyrrole nitrogens is 1. The van der Waals surface area contributed by atoms with E-state index in [4.69, 9.17) is 5.26 Å². The first kappa shape index (κ1) is 8.76. The highest BCUT2D eigenvalue weighted by Crippen LogP contribution is 2.19. The summed E-state index contributed by atoms with van der Waals surface area (Å²) < 4.78 is 0. The lowest BCUT2D eigenvalue weighted by atomic mass is 10.2. The van der Waals surface area contributed by atoms with Crippen molar-refractivity contribution in [2.75, 3.05) is 0 Å². The van der Waals surface area contributed by atoms with Gasteiger partial charge in [0.15, 0.2) is 0 Å². The van der Waals surface area contributed by atoms with Crippen LogP contribution in [0.25, 0.3) is 11.0 Å². The number of nitrogens with one attached hydrogen (secondary N) is 1. The summed E-state index contributed by atoms with van der Waals surface area (Å²) in [6, 6.07) is 8.14. The summed E-state index contributed by atoms with van der Waals surface area (Å²) in [5.74, 6) is 0.568. The second kappa shape index (κ2) is 3.15. The van der Waals surface area contributed by atoms with Crippen molar-refractivity contribution in [1.29, 1.82) is 5.26 Å². The lowest BCUT2D eigenvalue weighted by Gasteiger charge is -1.93. The summed E-state index contributed by atoms with van der Waals surface area (Å²) in [7, 11) is 0. The Morgan fingerprint density at radius 3 is 2.93 bits per heavy atom. The number of para-hydroxylation sites is 1. The molecule has 2 rings (SSSR count). The minimum Gasteiger partial charge on any atom is -0.341 e. The molecule has 3 heteroatoms. The Morgan fingerprint density at radius 2 is 2.29 bits per heavy atom. The van der Waals surface area contributed by atoms with Crippen LogP contribution in [0.4, 0.5) is 0 Å². The minimum atomic E-state index is -0.179. The molecule has 14 heavy (non-hydrogen) atoms. The van der Waals surface area contributed by atoms with E-state index in [-0.39, 0.29) is 5.92 Å². The summed E-state index contributed by atoms with van der Waals surface area (Å²) in [4.78, 5) is 7.56. The van der Waals surface area contributed by atoms with Gasteiger partial charge < -0.3 is 4.98 Å². The van der Waals surface area contributed by atoms with Gasteiger partial charge in [-0.1, -0.05) is 12.1 Å². The summed E-state index contributed by atoms with van der Waals surface area (Å²) >= 11 is 0. The van der Waals surface area contributed by atoms with E-state index in [0.29, 0.717) is 0 Å². The molecular weight excluding hydrogens is 174 g/mol. The lowest BCUT2D eigenvalue weighted by molar-refractivity contribution is 0.890. The molecule has 0 fully saturated rings. The molecule has 0 aliphatic carbocycles. The Hall–Kier alpha value is -1.82. The van der Waals surface area contributed by atoms with E-state index in [0.717, 1.165) is 22.4 Å². The van der Waals surface area contributed by atoms with Gasteiger partial charge in [-0.05, 0) is 25.5 Å². The van der Waals surface area contributed by atoms with Crippen LogP contribution in [0.1, 0.15) is 24.2 Å². The number of hydrogen-bond donors (Lipinski definition) is 1. The van der Waals surface area contributed by atoms with Crippen LogP contribution in [0.2, 0.25) is 0 Å². The molecule has 0 aliphatic heterocycles. The molecule has 1 unspecified atom stereocenters. The van der Waals surface area contributed by atoms with E-state index in [1.807, 2.05) is 32.0 Å². The normalized spacial score (nSPS) is 12.6. The molecule has 0 amide bonds. The van der Waals surface area contributed by atoms with Crippen molar-refractivity contribution in [3.05, 3.63) is 29.6 Å². The van der Waals surface area contributed by atoms with Crippen LogP contribution in [0.3, 0.4) is 0 Å². The molecular formula is C11H11N3. The van der Waals surface area contributed by atoms with Gasteiger partial charge in [-0.2, -0.15) is 5.26 Å². The highest BCUT2D eigenvalue weighted by Gasteiger charge is 2.10. The summed E-state index contributed by atoms with van der Waals surface area (Å²) in [6.07, 6.45) is 0. The monoisotopic (exact) mass is 185 g/mol. The quantitative estimate of drug-likeness (QED) is 0.742. The van der Waals surface area contributed by atoms with Crippen molar-refractivity contribution < 1.29 is 0 Å². The van der Waals surface area contributed by atoms with Gasteiger partial charge in [0.2, 0.25) is 0 Å². The average molecular weight is 185 g/mol. The van der Waals surface area contributed by atoms with Gasteiger partial charge in [-0.25, -0.2) is 4.98 Å². The number of nitrogens with zero attached hydrogens (tertiary/aromatic N) is 2. The van der Waals surface area contributed by atoms with Gasteiger partial charge in [0.1, 0.15) is 11.7 Å². The molecule has 1 N–H and O–H groups in total. The zero-order valence-corrected chi connectivity index (χ0v) is 8.20. The van der Waals surface area contributed by atoms with E-state index in [1.54, 1.807) is 0 Å². The first-order valence-corrected chi connectivity index (χ1v) is 4.57. The zero-order chi connectivity index (χ0) is 10.1. The van der Waals surface area contributed by atoms with E-state index in [2.05, 4.69) is 16.0 Å². The third-order valence-electron chi connectivity index (χ3n) is 2.34. The van der Waals surface area contributed by atoms with Gasteiger partial charge >= 0.3 is 0 Å². The van der Waals surface area contributed by atoms with E-state index >= 15 is 0 Å². The van der Waals surface area contributed by atoms with Crippen molar-refractivity contribution in [2.45, 2.75) is 19.8 Å². The van der Waals surface area contributed by atoms with Crippen molar-refractivity contribution in [3.63, 3.8) is 0 Å². The Balaban J connectivity index is 2.64. The molecule has 1 heterocycles. The molecule has 0 saturated carbocycles. The minimum absolute atomic E-state index is 0.179. The third-order valence-corrected chi connectivity index (χ3v) is 2.34. The number of benzene rings is 1. The van der Waals surface area contributed by atoms with Crippen LogP contribution in [0.5, 0.6) is 0 Å². The topological polar surface area (TPSA) is 52.5 Å². The van der Waals surface area contributed by atoms with Crippen LogP contribution in [-0.4, -0.2) is 9.97 Å². The smallest absolute Gasteiger partial charge is 0.124 e. The van der Waals surface area contributed by atoms with Crippen molar-refractivity contribution in [3.8, 4) is 6.07 Å². The van der Waals surface area contributed by atoms with Gasteiger partial charge in [0.05, 0.1) is 17.1 Å². The number of aromatic nitrogens is 2. The lowest BCUT2D eigenvalue weighted by Crippen LogP contribution is -1.91. The maximum Gasteiger partial charge on any atom is 0.124 e. The fourth-order valence-corrected chi connectivity index (χ4v) is 1.46. The second-order valence-corrected chi connectivity index (χ2v) is 3.44. The first-order chi connectivity index (χ1) is 6.72. The van der Waals surface area contributed by atoms with E-state index in [9.17, 15) is 0 Å². The predicted molar refractivity (Wildman–Crippen MR) is 54.9 cm³/mol. The van der Waals surface area contributed by atoms with Crippen LogP contribution >= 0.6 is 0 Å². The Morgan fingerprint density at radius 1 is 1.50 bits per heavy atom. The number of nitriles is 1. The fraction of sp³-hybridized carbons (Fsp3) is 0.273. The molecule has 1 aromatic carbocycles. The van der Waals surface area contributed by atoms with Crippen LogP contribution in [0.15, 0.2) is 18.2 Å². The van der Waals surface area contributed by atoms with Gasteiger partial charge in [0, 0.05) is 0 Å². The number of aryl methyl sites for hydroxylation is 1. The number of imidazole rings is 1. The molecule has 1 atom stereocenters. The Labute approximate surface area is 82.4 Å². The number of aromatic amines is 1. The maximum atomic E-state index is 8.77. The highest BCUT2D eigenvalue weighted by atomic mass is 14.9. The summed E-state index contributed by atoms with van der Waals surface area (Å²) in [5.41, 5.74) is 3.10. The maximum absolute atomic E-state index is 8.77. The van der Waals surface area contributed by atoms with Gasteiger partial charge in [0.25, 0.3) is 0 Å². The Bertz CT molecular complexity index is 505. The van der Waals surface area contributed by atoms with E-state index in [1.165, 1.54) is 0 Å². The molecule has 1 aromatic heterocycles. The van der Waals surface area contributed by atoms with Gasteiger partial charge in [-0.3, -0.25) is 0 Å². The largest absolute Gasteiger partial charge is 0.341 e. The van der Waals surface area contributed by atoms with Crippen LogP contribution in [0, 0.1) is 18.3 Å². The predicted octanol–water partition coefficient (Wildman–Crippen LogP) is 2.50. The summed E-state index contributed by atoms with van der Waals surface area (Å²) in [5, 5.41) is 8.77.